The van der Waals surface area contributed by atoms with E-state index in [0.717, 1.165) is 0 Å². The maximum Gasteiger partial charge on any atom is 0.190 e. The highest BCUT2D eigenvalue weighted by Gasteiger charge is 2.34. The van der Waals surface area contributed by atoms with Crippen molar-refractivity contribution in [2.75, 3.05) is 0 Å². The number of unbranched alkanes of at least 4 members (excludes halogenated alkanes) is 2. The molecule has 0 fully saturated rings. The molecular weight excluding hydrogens is 256 g/mol. The van der Waals surface area contributed by atoms with E-state index in [1.807, 2.05) is 0 Å². The van der Waals surface area contributed by atoms with Crippen LogP contribution in [-0.4, -0.2) is 22.4 Å². The first kappa shape index (κ1) is 20.7. The highest BCUT2D eigenvalue weighted by atomic mass is 28.4. The summed E-state index contributed by atoms with van der Waals surface area (Å²) in [5.41, 5.74) is 0. The van der Waals surface area contributed by atoms with Crippen molar-refractivity contribution in [2.45, 2.75) is 92.0 Å². The van der Waals surface area contributed by atoms with E-state index in [4.69, 9.17) is 8.85 Å². The lowest BCUT2D eigenvalue weighted by Gasteiger charge is -2.39. The summed E-state index contributed by atoms with van der Waals surface area (Å²) in [6, 6.07) is 1.24. The van der Waals surface area contributed by atoms with Gasteiger partial charge in [-0.2, -0.15) is 0 Å². The van der Waals surface area contributed by atoms with E-state index < -0.39 is 22.4 Å². The summed E-state index contributed by atoms with van der Waals surface area (Å²) in [6.45, 7) is 17.6. The Labute approximate surface area is 118 Å². The predicted octanol–water partition coefficient (Wildman–Crippen LogP) is 5.62. The highest BCUT2D eigenvalue weighted by molar-refractivity contribution is 6.71. The molecule has 0 aromatic carbocycles. The molecule has 0 aliphatic carbocycles. The van der Waals surface area contributed by atoms with Crippen LogP contribution in [0.1, 0.15) is 47.5 Å². The summed E-state index contributed by atoms with van der Waals surface area (Å²) in [7, 11) is -3.11. The number of hydrogen-bond acceptors (Lipinski definition) is 2. The Morgan fingerprint density at radius 3 is 1.78 bits per heavy atom. The van der Waals surface area contributed by atoms with Gasteiger partial charge in [-0.15, -0.1) is 0 Å². The Kier molecular flexibility index (Phi) is 8.98. The first-order valence-corrected chi connectivity index (χ1v) is 13.4. The minimum Gasteiger partial charge on any atom is -0.392 e. The third-order valence-electron chi connectivity index (χ3n) is 2.46. The van der Waals surface area contributed by atoms with Crippen molar-refractivity contribution < 1.29 is 8.85 Å². The van der Waals surface area contributed by atoms with Crippen LogP contribution in [0.5, 0.6) is 0 Å². The molecule has 0 radical (unpaired) electrons. The van der Waals surface area contributed by atoms with Gasteiger partial charge in [0, 0.05) is 0 Å². The van der Waals surface area contributed by atoms with Gasteiger partial charge in [-0.05, 0) is 52.6 Å². The predicted molar refractivity (Wildman–Crippen MR) is 88.1 cm³/mol. The summed E-state index contributed by atoms with van der Waals surface area (Å²) in [6.07, 6.45) is 3.88. The molecule has 0 atom stereocenters. The van der Waals surface area contributed by atoms with Crippen LogP contribution in [0.25, 0.3) is 0 Å². The molecule has 0 aromatic rings. The zero-order valence-electron chi connectivity index (χ0n) is 13.1. The average Bonchev–Trinajstić information content (AvgIpc) is 1.96. The molecule has 2 nitrogen and oxygen atoms in total. The summed E-state index contributed by atoms with van der Waals surface area (Å²) >= 11 is 0. The zero-order valence-corrected chi connectivity index (χ0v) is 15.1. The van der Waals surface area contributed by atoms with Gasteiger partial charge in [-0.25, -0.2) is 0 Å². The lowest BCUT2D eigenvalue weighted by Crippen LogP contribution is -2.47. The molecule has 0 rings (SSSR count). The molecule has 0 saturated heterocycles. The largest absolute Gasteiger partial charge is 0.392 e. The number of hydrogen-bond donors (Lipinski definition) is 0. The molecule has 4 heteroatoms. The minimum absolute atomic E-state index is 0. The van der Waals surface area contributed by atoms with E-state index in [-0.39, 0.29) is 7.43 Å². The molecule has 0 bridgehead atoms. The molecule has 18 heavy (non-hydrogen) atoms. The van der Waals surface area contributed by atoms with E-state index in [9.17, 15) is 0 Å². The van der Waals surface area contributed by atoms with Gasteiger partial charge < -0.3 is 8.85 Å². The molecular formula is C14H36O2Si2. The molecule has 0 aliphatic rings. The quantitative estimate of drug-likeness (QED) is 0.328. The van der Waals surface area contributed by atoms with Crippen molar-refractivity contribution in [3.63, 3.8) is 0 Å². The normalized spacial score (nSPS) is 13.3. The fourth-order valence-corrected chi connectivity index (χ4v) is 6.45. The maximum absolute atomic E-state index is 6.30. The molecule has 0 aromatic heterocycles. The second kappa shape index (κ2) is 7.83. The Balaban J connectivity index is 0. The minimum atomic E-state index is -1.58. The van der Waals surface area contributed by atoms with Crippen molar-refractivity contribution >= 4 is 16.6 Å². The lowest BCUT2D eigenvalue weighted by molar-refractivity contribution is -0.0954. The zero-order chi connectivity index (χ0) is 13.7. The van der Waals surface area contributed by atoms with Gasteiger partial charge >= 0.3 is 0 Å². The van der Waals surface area contributed by atoms with Gasteiger partial charge in [0.1, 0.15) is 5.79 Å². The van der Waals surface area contributed by atoms with Crippen molar-refractivity contribution in [3.8, 4) is 0 Å². The van der Waals surface area contributed by atoms with Crippen LogP contribution in [0, 0.1) is 0 Å². The van der Waals surface area contributed by atoms with Crippen LogP contribution in [0.3, 0.4) is 0 Å². The van der Waals surface area contributed by atoms with E-state index >= 15 is 0 Å². The van der Waals surface area contributed by atoms with Crippen LogP contribution in [0.15, 0.2) is 0 Å². The van der Waals surface area contributed by atoms with Crippen LogP contribution in [0.4, 0.5) is 0 Å². The molecule has 0 saturated carbocycles. The molecule has 0 amide bonds. The second-order valence-electron chi connectivity index (χ2n) is 6.93. The Morgan fingerprint density at radius 1 is 0.889 bits per heavy atom. The van der Waals surface area contributed by atoms with Gasteiger partial charge in [0.15, 0.2) is 16.6 Å². The molecule has 0 unspecified atom stereocenters. The lowest BCUT2D eigenvalue weighted by atomic mass is 10.3. The van der Waals surface area contributed by atoms with Gasteiger partial charge in [0.05, 0.1) is 0 Å². The molecule has 112 valence electrons. The standard InChI is InChI=1S/C13H32O2Si2.CH4/c1-9-10-11-12-17(7,8)15-13(2,3)14-16(4,5)6;/h9-12H2,1-8H3;1H4. The first-order chi connectivity index (χ1) is 7.47. The fraction of sp³-hybridized carbons (Fsp3) is 1.00. The van der Waals surface area contributed by atoms with Gasteiger partial charge in [-0.3, -0.25) is 0 Å². The average molecular weight is 293 g/mol. The Morgan fingerprint density at radius 2 is 1.39 bits per heavy atom. The van der Waals surface area contributed by atoms with Crippen LogP contribution in [-0.2, 0) is 8.85 Å². The van der Waals surface area contributed by atoms with Crippen LogP contribution in [0.2, 0.25) is 38.8 Å². The Bertz CT molecular complexity index is 220. The molecule has 0 heterocycles. The maximum atomic E-state index is 6.30. The summed E-state index contributed by atoms with van der Waals surface area (Å²) < 4.78 is 12.4. The van der Waals surface area contributed by atoms with Gasteiger partial charge in [0.2, 0.25) is 0 Å². The van der Waals surface area contributed by atoms with E-state index in [2.05, 4.69) is 53.5 Å². The van der Waals surface area contributed by atoms with Crippen LogP contribution >= 0.6 is 0 Å². The van der Waals surface area contributed by atoms with Crippen molar-refractivity contribution in [2.24, 2.45) is 0 Å². The highest BCUT2D eigenvalue weighted by Crippen LogP contribution is 2.26. The Hall–Kier alpha value is 0.354. The molecule has 0 aliphatic heterocycles. The first-order valence-electron chi connectivity index (χ1n) is 6.88. The molecule has 0 spiro atoms. The fourth-order valence-electron chi connectivity index (χ4n) is 2.28. The monoisotopic (exact) mass is 292 g/mol. The third-order valence-corrected chi connectivity index (χ3v) is 6.16. The number of rotatable bonds is 8. The van der Waals surface area contributed by atoms with Gasteiger partial charge in [-0.1, -0.05) is 33.6 Å². The summed E-state index contributed by atoms with van der Waals surface area (Å²) in [5.74, 6) is -0.410. The van der Waals surface area contributed by atoms with Crippen molar-refractivity contribution in [1.82, 2.24) is 0 Å². The summed E-state index contributed by atoms with van der Waals surface area (Å²) in [4.78, 5) is 0. The van der Waals surface area contributed by atoms with Crippen LogP contribution < -0.4 is 0 Å². The second-order valence-corrected chi connectivity index (χ2v) is 15.6. The summed E-state index contributed by atoms with van der Waals surface area (Å²) in [5, 5.41) is 0. The van der Waals surface area contributed by atoms with Gasteiger partial charge in [0.25, 0.3) is 0 Å². The van der Waals surface area contributed by atoms with Crippen molar-refractivity contribution in [1.29, 1.82) is 0 Å². The van der Waals surface area contributed by atoms with E-state index in [1.54, 1.807) is 0 Å². The third kappa shape index (κ3) is 11.4. The topological polar surface area (TPSA) is 18.5 Å². The molecule has 0 N–H and O–H groups in total. The van der Waals surface area contributed by atoms with E-state index in [0.29, 0.717) is 0 Å². The smallest absolute Gasteiger partial charge is 0.190 e. The van der Waals surface area contributed by atoms with E-state index in [1.165, 1.54) is 25.3 Å². The van der Waals surface area contributed by atoms with Crippen molar-refractivity contribution in [3.05, 3.63) is 0 Å². The SMILES string of the molecule is C.CCCCC[Si](C)(C)OC(C)(C)O[Si](C)(C)C.